The molecule has 1 N–H and O–H groups in total. The standard InChI is InChI=1S/C19H25N3O3/c23-17-15(12-14-6-2-7-16(14)20-17)19(25)22-9-3-8-21(10-11-22)18(24)13-4-1-5-13/h12-13H,1-11H2,(H,20,23). The number of fused-ring (bicyclic) bond motifs is 1. The molecule has 1 aliphatic heterocycles. The van der Waals surface area contributed by atoms with Crippen LogP contribution in [0.1, 0.15) is 53.7 Å². The monoisotopic (exact) mass is 343 g/mol. The summed E-state index contributed by atoms with van der Waals surface area (Å²) in [7, 11) is 0. The summed E-state index contributed by atoms with van der Waals surface area (Å²) in [5.74, 6) is 0.242. The summed E-state index contributed by atoms with van der Waals surface area (Å²) in [5, 5.41) is 0. The first-order chi connectivity index (χ1) is 12.1. The van der Waals surface area contributed by atoms with Crippen molar-refractivity contribution in [3.8, 4) is 0 Å². The molecule has 1 aromatic rings. The van der Waals surface area contributed by atoms with Gasteiger partial charge in [0.05, 0.1) is 0 Å². The van der Waals surface area contributed by atoms with Gasteiger partial charge in [-0.05, 0) is 50.2 Å². The first-order valence-electron chi connectivity index (χ1n) is 9.46. The number of H-pyrrole nitrogens is 1. The van der Waals surface area contributed by atoms with Crippen molar-refractivity contribution in [3.05, 3.63) is 33.2 Å². The van der Waals surface area contributed by atoms with Gasteiger partial charge in [0.2, 0.25) is 5.91 Å². The highest BCUT2D eigenvalue weighted by Crippen LogP contribution is 2.28. The number of nitrogens with one attached hydrogen (secondary N) is 1. The van der Waals surface area contributed by atoms with Gasteiger partial charge in [-0.15, -0.1) is 0 Å². The Hall–Kier alpha value is -2.11. The molecule has 1 aromatic heterocycles. The van der Waals surface area contributed by atoms with Crippen LogP contribution in [0.3, 0.4) is 0 Å². The number of hydrogen-bond donors (Lipinski definition) is 1. The van der Waals surface area contributed by atoms with Crippen molar-refractivity contribution in [2.24, 2.45) is 5.92 Å². The van der Waals surface area contributed by atoms with Crippen molar-refractivity contribution in [2.45, 2.75) is 44.9 Å². The quantitative estimate of drug-likeness (QED) is 0.881. The minimum Gasteiger partial charge on any atom is -0.341 e. The van der Waals surface area contributed by atoms with Gasteiger partial charge in [-0.1, -0.05) is 6.42 Å². The van der Waals surface area contributed by atoms with E-state index >= 15 is 0 Å². The van der Waals surface area contributed by atoms with E-state index in [-0.39, 0.29) is 28.9 Å². The van der Waals surface area contributed by atoms with Crippen LogP contribution in [0.5, 0.6) is 0 Å². The third-order valence-corrected chi connectivity index (χ3v) is 5.87. The lowest BCUT2D eigenvalue weighted by atomic mass is 9.84. The van der Waals surface area contributed by atoms with Gasteiger partial charge in [-0.2, -0.15) is 0 Å². The molecule has 0 atom stereocenters. The number of carbonyl (C=O) groups excluding carboxylic acids is 2. The fraction of sp³-hybridized carbons (Fsp3) is 0.632. The SMILES string of the molecule is O=C(c1cc2c([nH]c1=O)CCC2)N1CCCN(C(=O)C2CCC2)CC1. The lowest BCUT2D eigenvalue weighted by Gasteiger charge is -2.31. The maximum atomic E-state index is 12.9. The average Bonchev–Trinajstić information content (AvgIpc) is 2.85. The fourth-order valence-electron chi connectivity index (χ4n) is 4.10. The molecule has 6 heteroatoms. The first-order valence-corrected chi connectivity index (χ1v) is 9.46. The van der Waals surface area contributed by atoms with Gasteiger partial charge in [0.25, 0.3) is 11.5 Å². The van der Waals surface area contributed by atoms with E-state index in [0.29, 0.717) is 26.2 Å². The van der Waals surface area contributed by atoms with E-state index in [1.807, 2.05) is 4.90 Å². The molecular weight excluding hydrogens is 318 g/mol. The van der Waals surface area contributed by atoms with Crippen LogP contribution in [0.4, 0.5) is 0 Å². The molecule has 0 unspecified atom stereocenters. The molecule has 2 fully saturated rings. The third-order valence-electron chi connectivity index (χ3n) is 5.87. The van der Waals surface area contributed by atoms with Crippen LogP contribution in [-0.4, -0.2) is 52.8 Å². The molecular formula is C19H25N3O3. The number of pyridine rings is 1. The zero-order valence-electron chi connectivity index (χ0n) is 14.6. The third kappa shape index (κ3) is 3.10. The molecule has 0 radical (unpaired) electrons. The van der Waals surface area contributed by atoms with Crippen molar-refractivity contribution < 1.29 is 9.59 Å². The lowest BCUT2D eigenvalue weighted by Crippen LogP contribution is -2.42. The van der Waals surface area contributed by atoms with E-state index < -0.39 is 0 Å². The van der Waals surface area contributed by atoms with Crippen molar-refractivity contribution in [1.82, 2.24) is 14.8 Å². The minimum absolute atomic E-state index is 0.196. The number of aromatic nitrogens is 1. The predicted molar refractivity (Wildman–Crippen MR) is 93.5 cm³/mol. The largest absolute Gasteiger partial charge is 0.341 e. The molecule has 0 bridgehead atoms. The van der Waals surface area contributed by atoms with Crippen LogP contribution in [0.2, 0.25) is 0 Å². The van der Waals surface area contributed by atoms with Gasteiger partial charge in [0, 0.05) is 37.8 Å². The second kappa shape index (κ2) is 6.65. The van der Waals surface area contributed by atoms with Crippen LogP contribution in [0, 0.1) is 5.92 Å². The summed E-state index contributed by atoms with van der Waals surface area (Å²) in [4.78, 5) is 44.1. The summed E-state index contributed by atoms with van der Waals surface area (Å²) in [5.41, 5.74) is 2.05. The molecule has 0 aromatic carbocycles. The molecule has 0 spiro atoms. The maximum absolute atomic E-state index is 12.9. The molecule has 1 saturated carbocycles. The van der Waals surface area contributed by atoms with Crippen LogP contribution >= 0.6 is 0 Å². The zero-order chi connectivity index (χ0) is 17.4. The Balaban J connectivity index is 1.46. The van der Waals surface area contributed by atoms with E-state index in [2.05, 4.69) is 4.98 Å². The normalized spacial score (nSPS) is 20.8. The molecule has 2 amide bonds. The Bertz CT molecular complexity index is 751. The van der Waals surface area contributed by atoms with E-state index in [1.54, 1.807) is 11.0 Å². The number of rotatable bonds is 2. The van der Waals surface area contributed by atoms with Gasteiger partial charge in [-0.25, -0.2) is 0 Å². The average molecular weight is 343 g/mol. The van der Waals surface area contributed by atoms with Crippen LogP contribution in [-0.2, 0) is 17.6 Å². The van der Waals surface area contributed by atoms with Gasteiger partial charge in [0.15, 0.2) is 0 Å². The van der Waals surface area contributed by atoms with Gasteiger partial charge in [0.1, 0.15) is 5.56 Å². The zero-order valence-corrected chi connectivity index (χ0v) is 14.6. The Morgan fingerprint density at radius 3 is 2.48 bits per heavy atom. The number of aryl methyl sites for hydroxylation is 2. The van der Waals surface area contributed by atoms with Crippen molar-refractivity contribution in [3.63, 3.8) is 0 Å². The maximum Gasteiger partial charge on any atom is 0.261 e. The Labute approximate surface area is 147 Å². The second-order valence-corrected chi connectivity index (χ2v) is 7.47. The molecule has 25 heavy (non-hydrogen) atoms. The molecule has 2 heterocycles. The molecule has 2 aliphatic carbocycles. The number of nitrogens with zero attached hydrogens (tertiary/aromatic N) is 2. The van der Waals surface area contributed by atoms with Crippen molar-refractivity contribution in [1.29, 1.82) is 0 Å². The predicted octanol–water partition coefficient (Wildman–Crippen LogP) is 1.34. The van der Waals surface area contributed by atoms with Crippen LogP contribution in [0.25, 0.3) is 0 Å². The van der Waals surface area contributed by atoms with E-state index in [9.17, 15) is 14.4 Å². The topological polar surface area (TPSA) is 73.5 Å². The van der Waals surface area contributed by atoms with Crippen molar-refractivity contribution in [2.75, 3.05) is 26.2 Å². The highest BCUT2D eigenvalue weighted by atomic mass is 16.2. The van der Waals surface area contributed by atoms with Gasteiger partial charge in [-0.3, -0.25) is 14.4 Å². The molecule has 6 nitrogen and oxygen atoms in total. The first kappa shape index (κ1) is 16.4. The van der Waals surface area contributed by atoms with E-state index in [4.69, 9.17) is 0 Å². The van der Waals surface area contributed by atoms with Crippen molar-refractivity contribution >= 4 is 11.8 Å². The van der Waals surface area contributed by atoms with E-state index in [1.165, 1.54) is 0 Å². The molecule has 3 aliphatic rings. The van der Waals surface area contributed by atoms with Gasteiger partial charge < -0.3 is 14.8 Å². The summed E-state index contributed by atoms with van der Waals surface area (Å²) < 4.78 is 0. The Morgan fingerprint density at radius 2 is 1.72 bits per heavy atom. The summed E-state index contributed by atoms with van der Waals surface area (Å²) in [6, 6.07) is 1.78. The smallest absolute Gasteiger partial charge is 0.261 e. The highest BCUT2D eigenvalue weighted by Gasteiger charge is 2.31. The van der Waals surface area contributed by atoms with Crippen LogP contribution in [0.15, 0.2) is 10.9 Å². The highest BCUT2D eigenvalue weighted by molar-refractivity contribution is 5.94. The number of carbonyl (C=O) groups is 2. The van der Waals surface area contributed by atoms with Crippen LogP contribution < -0.4 is 5.56 Å². The number of hydrogen-bond acceptors (Lipinski definition) is 3. The lowest BCUT2D eigenvalue weighted by molar-refractivity contribution is -0.138. The fourth-order valence-corrected chi connectivity index (χ4v) is 4.10. The molecule has 4 rings (SSSR count). The Morgan fingerprint density at radius 1 is 0.960 bits per heavy atom. The number of aromatic amines is 1. The summed E-state index contributed by atoms with van der Waals surface area (Å²) in [6.45, 7) is 2.39. The minimum atomic E-state index is -0.280. The Kier molecular flexibility index (Phi) is 4.36. The summed E-state index contributed by atoms with van der Waals surface area (Å²) in [6.07, 6.45) is 6.77. The number of amides is 2. The summed E-state index contributed by atoms with van der Waals surface area (Å²) >= 11 is 0. The van der Waals surface area contributed by atoms with E-state index in [0.717, 1.165) is 56.2 Å². The molecule has 1 saturated heterocycles. The molecule has 134 valence electrons. The van der Waals surface area contributed by atoms with Gasteiger partial charge >= 0.3 is 0 Å². The second-order valence-electron chi connectivity index (χ2n) is 7.47.